The second-order valence-corrected chi connectivity index (χ2v) is 6.88. The third-order valence-electron chi connectivity index (χ3n) is 3.85. The van der Waals surface area contributed by atoms with E-state index in [1.54, 1.807) is 18.4 Å². The number of nitrogens with zero attached hydrogens (tertiary/aromatic N) is 4. The van der Waals surface area contributed by atoms with Crippen molar-refractivity contribution in [3.05, 3.63) is 33.0 Å². The largest absolute Gasteiger partial charge is 0.356 e. The van der Waals surface area contributed by atoms with Crippen LogP contribution in [-0.2, 0) is 19.9 Å². The van der Waals surface area contributed by atoms with Crippen LogP contribution >= 0.6 is 11.3 Å². The maximum atomic E-state index is 4.45. The van der Waals surface area contributed by atoms with Gasteiger partial charge < -0.3 is 10.6 Å². The van der Waals surface area contributed by atoms with Crippen LogP contribution in [0.5, 0.6) is 0 Å². The van der Waals surface area contributed by atoms with Gasteiger partial charge in [0.05, 0.1) is 10.7 Å². The van der Waals surface area contributed by atoms with E-state index >= 15 is 0 Å². The normalized spacial score (nSPS) is 11.8. The van der Waals surface area contributed by atoms with Crippen molar-refractivity contribution in [2.75, 3.05) is 20.1 Å². The first-order valence-electron chi connectivity index (χ1n) is 7.86. The van der Waals surface area contributed by atoms with E-state index in [4.69, 9.17) is 0 Å². The Morgan fingerprint density at radius 1 is 1.22 bits per heavy atom. The molecular formula is C16H26N6S. The molecule has 0 unspecified atom stereocenters. The fraction of sp³-hybridized carbons (Fsp3) is 0.562. The molecule has 0 atom stereocenters. The summed E-state index contributed by atoms with van der Waals surface area (Å²) in [4.78, 5) is 9.89. The molecule has 0 aliphatic heterocycles. The van der Waals surface area contributed by atoms with Crippen molar-refractivity contribution in [1.82, 2.24) is 25.4 Å². The topological polar surface area (TPSA) is 67.1 Å². The highest BCUT2D eigenvalue weighted by Gasteiger charge is 2.09. The first kappa shape index (κ1) is 17.5. The Labute approximate surface area is 142 Å². The van der Waals surface area contributed by atoms with Gasteiger partial charge in [0.2, 0.25) is 0 Å². The summed E-state index contributed by atoms with van der Waals surface area (Å²) in [5.41, 5.74) is 3.65. The number of hydrogen-bond acceptors (Lipinski definition) is 4. The summed E-state index contributed by atoms with van der Waals surface area (Å²) in [6.45, 7) is 7.92. The zero-order valence-electron chi connectivity index (χ0n) is 14.6. The molecule has 2 aromatic heterocycles. The summed E-state index contributed by atoms with van der Waals surface area (Å²) in [6, 6.07) is 0. The van der Waals surface area contributed by atoms with E-state index < -0.39 is 0 Å². The van der Waals surface area contributed by atoms with Crippen molar-refractivity contribution in [2.45, 2.75) is 33.6 Å². The molecule has 126 valence electrons. The summed E-state index contributed by atoms with van der Waals surface area (Å²) in [5.74, 6) is 0.831. The van der Waals surface area contributed by atoms with Crippen molar-refractivity contribution in [3.8, 4) is 0 Å². The molecule has 0 aliphatic rings. The van der Waals surface area contributed by atoms with E-state index in [0.29, 0.717) is 0 Å². The van der Waals surface area contributed by atoms with Crippen LogP contribution in [0.15, 0.2) is 11.2 Å². The van der Waals surface area contributed by atoms with E-state index in [9.17, 15) is 0 Å². The van der Waals surface area contributed by atoms with Crippen molar-refractivity contribution < 1.29 is 0 Å². The van der Waals surface area contributed by atoms with Crippen molar-refractivity contribution in [1.29, 1.82) is 0 Å². The Kier molecular flexibility index (Phi) is 6.15. The van der Waals surface area contributed by atoms with E-state index in [2.05, 4.69) is 46.5 Å². The number of aryl methyl sites for hydroxylation is 3. The highest BCUT2D eigenvalue weighted by molar-refractivity contribution is 7.11. The van der Waals surface area contributed by atoms with Crippen LogP contribution < -0.4 is 10.6 Å². The number of aliphatic imine (C=N–C) groups is 1. The maximum absolute atomic E-state index is 4.45. The average Bonchev–Trinajstić information content (AvgIpc) is 3.03. The van der Waals surface area contributed by atoms with Gasteiger partial charge in [0.1, 0.15) is 0 Å². The average molecular weight is 334 g/mol. The van der Waals surface area contributed by atoms with Gasteiger partial charge in [0.25, 0.3) is 0 Å². The second-order valence-electron chi connectivity index (χ2n) is 5.56. The van der Waals surface area contributed by atoms with Crippen LogP contribution in [0.3, 0.4) is 0 Å². The Morgan fingerprint density at radius 3 is 2.43 bits per heavy atom. The van der Waals surface area contributed by atoms with Gasteiger partial charge in [-0.25, -0.2) is 4.98 Å². The molecule has 0 saturated carbocycles. The number of thiazole rings is 1. The molecule has 2 aromatic rings. The molecule has 6 nitrogen and oxygen atoms in total. The molecule has 2 heterocycles. The second kappa shape index (κ2) is 8.10. The van der Waals surface area contributed by atoms with Crippen molar-refractivity contribution in [3.63, 3.8) is 0 Å². The molecule has 0 spiro atoms. The summed E-state index contributed by atoms with van der Waals surface area (Å²) < 4.78 is 1.94. The molecule has 0 saturated heterocycles. The molecule has 7 heteroatoms. The lowest BCUT2D eigenvalue weighted by Crippen LogP contribution is -2.39. The molecule has 0 fully saturated rings. The predicted octanol–water partition coefficient (Wildman–Crippen LogP) is 1.75. The molecular weight excluding hydrogens is 308 g/mol. The van der Waals surface area contributed by atoms with Gasteiger partial charge in [-0.1, -0.05) is 0 Å². The number of hydrogen-bond donors (Lipinski definition) is 2. The van der Waals surface area contributed by atoms with Crippen LogP contribution in [0.25, 0.3) is 0 Å². The standard InChI is InChI=1S/C16H26N6S/c1-11-10-20-15(23-11)7-9-19-16(17-4)18-8-6-14-12(2)21-22(5)13(14)3/h10H,6-9H2,1-5H3,(H2,17,18,19). The molecule has 0 aliphatic carbocycles. The van der Waals surface area contributed by atoms with Crippen LogP contribution in [0, 0.1) is 20.8 Å². The van der Waals surface area contributed by atoms with Gasteiger partial charge in [0.15, 0.2) is 5.96 Å². The highest BCUT2D eigenvalue weighted by atomic mass is 32.1. The van der Waals surface area contributed by atoms with E-state index in [1.807, 2.05) is 17.9 Å². The summed E-state index contributed by atoms with van der Waals surface area (Å²) in [5, 5.41) is 12.3. The summed E-state index contributed by atoms with van der Waals surface area (Å²) in [6.07, 6.45) is 3.78. The van der Waals surface area contributed by atoms with Gasteiger partial charge in [0, 0.05) is 50.4 Å². The van der Waals surface area contributed by atoms with Gasteiger partial charge in [-0.05, 0) is 32.8 Å². The molecule has 0 bridgehead atoms. The first-order valence-corrected chi connectivity index (χ1v) is 8.67. The number of guanidine groups is 1. The van der Waals surface area contributed by atoms with Crippen LogP contribution in [0.1, 0.15) is 26.8 Å². The van der Waals surface area contributed by atoms with Crippen LogP contribution in [-0.4, -0.2) is 40.9 Å². The molecule has 0 radical (unpaired) electrons. The Morgan fingerprint density at radius 2 is 1.91 bits per heavy atom. The first-order chi connectivity index (χ1) is 11.0. The third kappa shape index (κ3) is 4.79. The maximum Gasteiger partial charge on any atom is 0.191 e. The molecule has 2 rings (SSSR count). The smallest absolute Gasteiger partial charge is 0.191 e. The monoisotopic (exact) mass is 334 g/mol. The summed E-state index contributed by atoms with van der Waals surface area (Å²) in [7, 11) is 3.78. The van der Waals surface area contributed by atoms with E-state index in [-0.39, 0.29) is 0 Å². The number of aromatic nitrogens is 3. The zero-order chi connectivity index (χ0) is 16.8. The number of rotatable bonds is 6. The fourth-order valence-corrected chi connectivity index (χ4v) is 3.30. The van der Waals surface area contributed by atoms with E-state index in [1.165, 1.54) is 16.1 Å². The Bertz CT molecular complexity index is 670. The zero-order valence-corrected chi connectivity index (χ0v) is 15.4. The minimum absolute atomic E-state index is 0.831. The minimum atomic E-state index is 0.831. The molecule has 0 amide bonds. The number of nitrogens with one attached hydrogen (secondary N) is 2. The predicted molar refractivity (Wildman–Crippen MR) is 96.3 cm³/mol. The summed E-state index contributed by atoms with van der Waals surface area (Å²) >= 11 is 1.75. The van der Waals surface area contributed by atoms with Crippen LogP contribution in [0.2, 0.25) is 0 Å². The van der Waals surface area contributed by atoms with Crippen LogP contribution in [0.4, 0.5) is 0 Å². The van der Waals surface area contributed by atoms with Gasteiger partial charge in [-0.15, -0.1) is 11.3 Å². The van der Waals surface area contributed by atoms with Crippen molar-refractivity contribution >= 4 is 17.3 Å². The minimum Gasteiger partial charge on any atom is -0.356 e. The SMILES string of the molecule is CN=C(NCCc1ncc(C)s1)NCCc1c(C)nn(C)c1C. The van der Waals surface area contributed by atoms with Gasteiger partial charge in [-0.2, -0.15) is 5.10 Å². The lowest BCUT2D eigenvalue weighted by Gasteiger charge is -2.11. The van der Waals surface area contributed by atoms with Gasteiger partial charge >= 0.3 is 0 Å². The fourth-order valence-electron chi connectivity index (χ4n) is 2.51. The lowest BCUT2D eigenvalue weighted by atomic mass is 10.1. The third-order valence-corrected chi connectivity index (χ3v) is 4.82. The van der Waals surface area contributed by atoms with Crippen molar-refractivity contribution in [2.24, 2.45) is 12.0 Å². The van der Waals surface area contributed by atoms with Gasteiger partial charge in [-0.3, -0.25) is 9.67 Å². The molecule has 0 aromatic carbocycles. The Balaban J connectivity index is 1.74. The quantitative estimate of drug-likeness (QED) is 0.624. The lowest BCUT2D eigenvalue weighted by molar-refractivity contribution is 0.728. The van der Waals surface area contributed by atoms with E-state index in [0.717, 1.165) is 42.6 Å². The Hall–Kier alpha value is -1.89. The molecule has 2 N–H and O–H groups in total. The molecule has 23 heavy (non-hydrogen) atoms. The highest BCUT2D eigenvalue weighted by Crippen LogP contribution is 2.12.